The highest BCUT2D eigenvalue weighted by Crippen LogP contribution is 1.91. The molecule has 1 radical (unpaired) electrons. The monoisotopic (exact) mass is 109 g/mol. The van der Waals surface area contributed by atoms with Gasteiger partial charge in [-0.15, -0.1) is 0 Å². The third kappa shape index (κ3) is 5.48. The minimum absolute atomic E-state index is 0.997. The maximum Gasteiger partial charge on any atom is -0.0313 e. The molecule has 0 heteroatoms. The molecule has 0 aliphatic rings. The van der Waals surface area contributed by atoms with E-state index in [2.05, 4.69) is 19.1 Å². The number of hydrogen-bond acceptors (Lipinski definition) is 0. The lowest BCUT2D eigenvalue weighted by Crippen LogP contribution is -1.61. The molecule has 0 aromatic rings. The van der Waals surface area contributed by atoms with Gasteiger partial charge in [0.25, 0.3) is 0 Å². The summed E-state index contributed by atoms with van der Waals surface area (Å²) >= 11 is 0. The second-order valence-corrected chi connectivity index (χ2v) is 1.69. The summed E-state index contributed by atoms with van der Waals surface area (Å²) in [7, 11) is 0. The Labute approximate surface area is 51.9 Å². The van der Waals surface area contributed by atoms with E-state index < -0.39 is 0 Å². The zero-order valence-electron chi connectivity index (χ0n) is 5.43. The lowest BCUT2D eigenvalue weighted by molar-refractivity contribution is 1.04. The molecule has 0 bridgehead atoms. The van der Waals surface area contributed by atoms with Crippen LogP contribution in [0.3, 0.4) is 0 Å². The Morgan fingerprint density at radius 1 is 1.25 bits per heavy atom. The van der Waals surface area contributed by atoms with Gasteiger partial charge in [-0.1, -0.05) is 31.7 Å². The first-order valence-corrected chi connectivity index (χ1v) is 3.10. The zero-order valence-corrected chi connectivity index (χ0v) is 5.43. The van der Waals surface area contributed by atoms with Crippen LogP contribution in [0.25, 0.3) is 0 Å². The zero-order chi connectivity index (χ0) is 6.24. The smallest absolute Gasteiger partial charge is 0.0313 e. The Bertz CT molecular complexity index is 70.1. The van der Waals surface area contributed by atoms with Crippen molar-refractivity contribution in [2.24, 2.45) is 0 Å². The van der Waals surface area contributed by atoms with E-state index in [0.29, 0.717) is 0 Å². The summed E-state index contributed by atoms with van der Waals surface area (Å²) in [6, 6.07) is 0. The molecular formula is C8H13. The molecule has 0 nitrogen and oxygen atoms in total. The first-order chi connectivity index (χ1) is 3.91. The maximum atomic E-state index is 5.15. The van der Waals surface area contributed by atoms with Crippen LogP contribution in [0.4, 0.5) is 0 Å². The highest BCUT2D eigenvalue weighted by molar-refractivity contribution is 4.82. The summed E-state index contributed by atoms with van der Waals surface area (Å²) in [5.41, 5.74) is 0. The van der Waals surface area contributed by atoms with Gasteiger partial charge in [0.2, 0.25) is 0 Å². The van der Waals surface area contributed by atoms with E-state index in [9.17, 15) is 0 Å². The van der Waals surface area contributed by atoms with Crippen molar-refractivity contribution in [3.8, 4) is 0 Å². The topological polar surface area (TPSA) is 0 Å². The van der Waals surface area contributed by atoms with Gasteiger partial charge in [-0.3, -0.25) is 0 Å². The summed E-state index contributed by atoms with van der Waals surface area (Å²) in [6.45, 7) is 7.28. The summed E-state index contributed by atoms with van der Waals surface area (Å²) in [6.07, 6.45) is 9.22. The van der Waals surface area contributed by atoms with Gasteiger partial charge < -0.3 is 0 Å². The highest BCUT2D eigenvalue weighted by Gasteiger charge is 1.71. The van der Waals surface area contributed by atoms with Crippen LogP contribution in [0, 0.1) is 6.58 Å². The second-order valence-electron chi connectivity index (χ2n) is 1.69. The van der Waals surface area contributed by atoms with Crippen LogP contribution >= 0.6 is 0 Å². The summed E-state index contributed by atoms with van der Waals surface area (Å²) in [4.78, 5) is 0. The molecule has 0 spiro atoms. The van der Waals surface area contributed by atoms with Crippen LogP contribution < -0.4 is 0 Å². The molecule has 0 heterocycles. The maximum absolute atomic E-state index is 5.15. The number of rotatable bonds is 4. The fourth-order valence-electron chi connectivity index (χ4n) is 0.477. The van der Waals surface area contributed by atoms with Crippen LogP contribution in [-0.4, -0.2) is 0 Å². The van der Waals surface area contributed by atoms with Gasteiger partial charge in [-0.2, -0.15) is 0 Å². The molecule has 0 saturated heterocycles. The molecule has 0 atom stereocenters. The van der Waals surface area contributed by atoms with Crippen LogP contribution in [0.5, 0.6) is 0 Å². The van der Waals surface area contributed by atoms with E-state index in [4.69, 9.17) is 6.58 Å². The standard InChI is InChI=1S/C8H13/c1-3-5-7-8-6-4-2/h1,3,6,8H,4-5,7H2,2H3/b3-1?,8-6+. The predicted octanol–water partition coefficient (Wildman–Crippen LogP) is 2.72. The van der Waals surface area contributed by atoms with Crippen LogP contribution in [0.1, 0.15) is 26.2 Å². The molecule has 45 valence electrons. The van der Waals surface area contributed by atoms with E-state index in [0.717, 1.165) is 19.3 Å². The third-order valence-electron chi connectivity index (χ3n) is 0.902. The molecule has 0 rings (SSSR count). The van der Waals surface area contributed by atoms with Crippen molar-refractivity contribution in [2.75, 3.05) is 0 Å². The quantitative estimate of drug-likeness (QED) is 0.384. The van der Waals surface area contributed by atoms with Crippen molar-refractivity contribution >= 4 is 0 Å². The SMILES string of the molecule is [CH]=CCC/C=C/CC. The molecule has 0 aliphatic heterocycles. The lowest BCUT2D eigenvalue weighted by atomic mass is 10.3. The van der Waals surface area contributed by atoms with Crippen LogP contribution in [0.2, 0.25) is 0 Å². The van der Waals surface area contributed by atoms with Crippen molar-refractivity contribution in [3.05, 3.63) is 24.8 Å². The summed E-state index contributed by atoms with van der Waals surface area (Å²) in [5.74, 6) is 0. The Kier molecular flexibility index (Phi) is 6.06. The number of allylic oxidation sites excluding steroid dienone is 3. The van der Waals surface area contributed by atoms with E-state index in [-0.39, 0.29) is 0 Å². The second kappa shape index (κ2) is 6.48. The van der Waals surface area contributed by atoms with Gasteiger partial charge in [0.1, 0.15) is 0 Å². The Balaban J connectivity index is 2.90. The van der Waals surface area contributed by atoms with Crippen molar-refractivity contribution in [3.63, 3.8) is 0 Å². The van der Waals surface area contributed by atoms with Gasteiger partial charge in [-0.25, -0.2) is 0 Å². The van der Waals surface area contributed by atoms with Gasteiger partial charge >= 0.3 is 0 Å². The lowest BCUT2D eigenvalue weighted by Gasteiger charge is -1.81. The Hall–Kier alpha value is -0.520. The molecule has 0 amide bonds. The average Bonchev–Trinajstić information content (AvgIpc) is 1.81. The highest BCUT2D eigenvalue weighted by atomic mass is 13.8. The molecule has 0 fully saturated rings. The number of hydrogen-bond donors (Lipinski definition) is 0. The largest absolute Gasteiger partial charge is 0.0888 e. The van der Waals surface area contributed by atoms with Crippen molar-refractivity contribution < 1.29 is 0 Å². The molecule has 0 unspecified atom stereocenters. The summed E-state index contributed by atoms with van der Waals surface area (Å²) in [5, 5.41) is 0. The molecule has 0 aromatic heterocycles. The van der Waals surface area contributed by atoms with Crippen molar-refractivity contribution in [1.82, 2.24) is 0 Å². The summed E-state index contributed by atoms with van der Waals surface area (Å²) < 4.78 is 0. The first-order valence-electron chi connectivity index (χ1n) is 3.10. The van der Waals surface area contributed by atoms with Crippen molar-refractivity contribution in [1.29, 1.82) is 0 Å². The van der Waals surface area contributed by atoms with E-state index >= 15 is 0 Å². The molecule has 8 heavy (non-hydrogen) atoms. The van der Waals surface area contributed by atoms with E-state index in [1.807, 2.05) is 0 Å². The fourth-order valence-corrected chi connectivity index (χ4v) is 0.477. The van der Waals surface area contributed by atoms with Crippen LogP contribution in [0.15, 0.2) is 18.2 Å². The predicted molar refractivity (Wildman–Crippen MR) is 37.5 cm³/mol. The first kappa shape index (κ1) is 7.48. The molecular weight excluding hydrogens is 96.1 g/mol. The Morgan fingerprint density at radius 3 is 2.50 bits per heavy atom. The molecule has 0 aliphatic carbocycles. The third-order valence-corrected chi connectivity index (χ3v) is 0.902. The van der Waals surface area contributed by atoms with Gasteiger partial charge in [0.05, 0.1) is 0 Å². The van der Waals surface area contributed by atoms with Crippen LogP contribution in [-0.2, 0) is 0 Å². The van der Waals surface area contributed by atoms with Gasteiger partial charge in [0, 0.05) is 0 Å². The van der Waals surface area contributed by atoms with Gasteiger partial charge in [0.15, 0.2) is 0 Å². The normalized spacial score (nSPS) is 10.1. The van der Waals surface area contributed by atoms with E-state index in [1.165, 1.54) is 0 Å². The fraction of sp³-hybridized carbons (Fsp3) is 0.500. The number of unbranched alkanes of at least 4 members (excludes halogenated alkanes) is 1. The van der Waals surface area contributed by atoms with E-state index in [1.54, 1.807) is 6.08 Å². The molecule has 0 saturated carbocycles. The molecule has 0 aromatic carbocycles. The minimum Gasteiger partial charge on any atom is -0.0888 e. The van der Waals surface area contributed by atoms with Gasteiger partial charge in [-0.05, 0) is 19.3 Å². The molecule has 0 N–H and O–H groups in total. The minimum atomic E-state index is 0.997. The van der Waals surface area contributed by atoms with Crippen molar-refractivity contribution in [2.45, 2.75) is 26.2 Å². The average molecular weight is 109 g/mol. The Morgan fingerprint density at radius 2 is 2.00 bits per heavy atom.